The number of halogens is 3. The summed E-state index contributed by atoms with van der Waals surface area (Å²) in [5, 5.41) is -0.0454. The molecule has 2 aliphatic rings. The van der Waals surface area contributed by atoms with Gasteiger partial charge in [0.15, 0.2) is 0 Å². The first-order valence-electron chi connectivity index (χ1n) is 14.1. The van der Waals surface area contributed by atoms with Gasteiger partial charge in [-0.3, -0.25) is 14.2 Å². The maximum Gasteiger partial charge on any atom is 0.416 e. The Hall–Kier alpha value is -4.09. The average molecular weight is 663 g/mol. The molecule has 0 saturated carbocycles. The van der Waals surface area contributed by atoms with E-state index in [9.17, 15) is 31.2 Å². The minimum Gasteiger partial charge on any atom is -0.368 e. The van der Waals surface area contributed by atoms with Crippen molar-refractivity contribution in [3.8, 4) is 0 Å². The fraction of sp³-hybridized carbons (Fsp3) is 0.393. The number of aryl methyl sites for hydroxylation is 1. The summed E-state index contributed by atoms with van der Waals surface area (Å²) >= 11 is 1.11. The Morgan fingerprint density at radius 2 is 1.60 bits per heavy atom. The fourth-order valence-corrected chi connectivity index (χ4v) is 8.68. The van der Waals surface area contributed by atoms with Gasteiger partial charge in [-0.15, -0.1) is 11.3 Å². The highest BCUT2D eigenvalue weighted by molar-refractivity contribution is 7.89. The molecular formula is C28H29F3N8O4S2. The van der Waals surface area contributed by atoms with Crippen LogP contribution in [0.1, 0.15) is 10.4 Å². The minimum atomic E-state index is -4.46. The molecule has 6 rings (SSSR count). The summed E-state index contributed by atoms with van der Waals surface area (Å²) < 4.78 is 69.6. The molecule has 1 amide bonds. The van der Waals surface area contributed by atoms with Gasteiger partial charge in [0.05, 0.1) is 17.3 Å². The molecular weight excluding hydrogens is 633 g/mol. The number of alkyl halides is 3. The van der Waals surface area contributed by atoms with E-state index in [4.69, 9.17) is 0 Å². The molecule has 45 heavy (non-hydrogen) atoms. The number of thiophene rings is 1. The molecule has 2 fully saturated rings. The number of anilines is 2. The number of benzene rings is 1. The van der Waals surface area contributed by atoms with E-state index in [1.807, 2.05) is 4.90 Å². The van der Waals surface area contributed by atoms with Crippen molar-refractivity contribution in [3.63, 3.8) is 0 Å². The number of fused-ring (bicyclic) bond motifs is 1. The summed E-state index contributed by atoms with van der Waals surface area (Å²) in [4.78, 5) is 45.4. The van der Waals surface area contributed by atoms with Gasteiger partial charge in [0.25, 0.3) is 5.56 Å². The zero-order chi connectivity index (χ0) is 31.9. The summed E-state index contributed by atoms with van der Waals surface area (Å²) in [6, 6.07) is 6.75. The first-order valence-corrected chi connectivity index (χ1v) is 16.4. The highest BCUT2D eigenvalue weighted by Gasteiger charge is 2.35. The normalized spacial score (nSPS) is 16.8. The molecule has 0 atom stereocenters. The number of hydrogen-bond acceptors (Lipinski definition) is 10. The predicted molar refractivity (Wildman–Crippen MR) is 162 cm³/mol. The predicted octanol–water partition coefficient (Wildman–Crippen LogP) is 2.43. The number of hydrogen-bond donors (Lipinski definition) is 0. The van der Waals surface area contributed by atoms with Crippen molar-refractivity contribution in [2.24, 2.45) is 0 Å². The van der Waals surface area contributed by atoms with E-state index in [2.05, 4.69) is 15.0 Å². The standard InChI is InChI=1S/C28H29F3N8O4S2/c1-19-24(45(42,43)39-14-12-37(13-15-39)27-32-6-3-7-33-27)23-25(44-19)34-18-38(26(23)41)17-22(40)36-10-8-35(9-11-36)21-5-2-4-20(16-21)28(29,30)31/h2-7,16,18H,8-15,17H2,1H3. The van der Waals surface area contributed by atoms with Crippen molar-refractivity contribution in [1.82, 2.24) is 28.7 Å². The van der Waals surface area contributed by atoms with Crippen molar-refractivity contribution < 1.29 is 26.4 Å². The van der Waals surface area contributed by atoms with Crippen molar-refractivity contribution in [1.29, 1.82) is 0 Å². The van der Waals surface area contributed by atoms with E-state index in [-0.39, 0.29) is 53.7 Å². The maximum absolute atomic E-state index is 13.8. The van der Waals surface area contributed by atoms with Gasteiger partial charge in [-0.05, 0) is 31.2 Å². The van der Waals surface area contributed by atoms with Crippen LogP contribution in [0.25, 0.3) is 10.2 Å². The maximum atomic E-state index is 13.8. The van der Waals surface area contributed by atoms with Crippen LogP contribution in [0.4, 0.5) is 24.8 Å². The Bertz CT molecular complexity index is 1880. The number of amides is 1. The first-order chi connectivity index (χ1) is 21.4. The monoisotopic (exact) mass is 662 g/mol. The van der Waals surface area contributed by atoms with Crippen LogP contribution >= 0.6 is 11.3 Å². The first kappa shape index (κ1) is 30.9. The van der Waals surface area contributed by atoms with E-state index in [1.165, 1.54) is 21.6 Å². The second kappa shape index (κ2) is 12.0. The largest absolute Gasteiger partial charge is 0.416 e. The Morgan fingerprint density at radius 3 is 2.27 bits per heavy atom. The molecule has 5 heterocycles. The smallest absolute Gasteiger partial charge is 0.368 e. The SMILES string of the molecule is Cc1sc2ncn(CC(=O)N3CCN(c4cccc(C(F)(F)F)c4)CC3)c(=O)c2c1S(=O)(=O)N1CCN(c2ncccn2)CC1. The van der Waals surface area contributed by atoms with Gasteiger partial charge in [-0.1, -0.05) is 6.07 Å². The number of piperazine rings is 2. The Balaban J connectivity index is 1.16. The van der Waals surface area contributed by atoms with E-state index >= 15 is 0 Å². The molecule has 2 aliphatic heterocycles. The van der Waals surface area contributed by atoms with Crippen LogP contribution in [0.15, 0.2) is 58.7 Å². The lowest BCUT2D eigenvalue weighted by Gasteiger charge is -2.36. The fourth-order valence-electron chi connectivity index (χ4n) is 5.59. The topological polar surface area (TPSA) is 125 Å². The molecule has 3 aromatic heterocycles. The Kier molecular flexibility index (Phi) is 8.26. The summed E-state index contributed by atoms with van der Waals surface area (Å²) in [6.45, 7) is 3.51. The van der Waals surface area contributed by atoms with Gasteiger partial charge < -0.3 is 14.7 Å². The summed E-state index contributed by atoms with van der Waals surface area (Å²) in [5.41, 5.74) is -0.954. The van der Waals surface area contributed by atoms with Gasteiger partial charge in [0.1, 0.15) is 16.3 Å². The second-order valence-electron chi connectivity index (χ2n) is 10.7. The van der Waals surface area contributed by atoms with Crippen LogP contribution in [-0.4, -0.2) is 95.4 Å². The molecule has 238 valence electrons. The van der Waals surface area contributed by atoms with Crippen LogP contribution in [-0.2, 0) is 27.5 Å². The molecule has 0 spiro atoms. The van der Waals surface area contributed by atoms with Crippen LogP contribution in [0.3, 0.4) is 0 Å². The molecule has 0 N–H and O–H groups in total. The Morgan fingerprint density at radius 1 is 0.933 bits per heavy atom. The van der Waals surface area contributed by atoms with E-state index in [0.29, 0.717) is 42.7 Å². The van der Waals surface area contributed by atoms with Gasteiger partial charge in [0, 0.05) is 75.3 Å². The lowest BCUT2D eigenvalue weighted by molar-refractivity contribution is -0.137. The second-order valence-corrected chi connectivity index (χ2v) is 13.8. The number of carbonyl (C=O) groups excluding carboxylic acids is 1. The van der Waals surface area contributed by atoms with Crippen molar-refractivity contribution in [3.05, 3.63) is 69.8 Å². The summed E-state index contributed by atoms with van der Waals surface area (Å²) in [6.07, 6.45) is 0.0289. The van der Waals surface area contributed by atoms with Gasteiger partial charge in [0.2, 0.25) is 21.9 Å². The van der Waals surface area contributed by atoms with E-state index in [0.717, 1.165) is 28.0 Å². The van der Waals surface area contributed by atoms with Crippen LogP contribution < -0.4 is 15.4 Å². The molecule has 1 aromatic carbocycles. The zero-order valence-electron chi connectivity index (χ0n) is 24.1. The van der Waals surface area contributed by atoms with E-state index < -0.39 is 27.3 Å². The number of carbonyl (C=O) groups is 1. The third kappa shape index (κ3) is 6.11. The molecule has 4 aromatic rings. The molecule has 12 nitrogen and oxygen atoms in total. The van der Waals surface area contributed by atoms with Gasteiger partial charge in [-0.25, -0.2) is 23.4 Å². The number of rotatable bonds is 6. The van der Waals surface area contributed by atoms with Gasteiger partial charge in [-0.2, -0.15) is 17.5 Å². The third-order valence-electron chi connectivity index (χ3n) is 7.95. The molecule has 17 heteroatoms. The number of aromatic nitrogens is 4. The van der Waals surface area contributed by atoms with Crippen LogP contribution in [0.5, 0.6) is 0 Å². The average Bonchev–Trinajstić information content (AvgIpc) is 3.40. The molecule has 0 unspecified atom stereocenters. The lowest BCUT2D eigenvalue weighted by Crippen LogP contribution is -2.50. The van der Waals surface area contributed by atoms with Gasteiger partial charge >= 0.3 is 6.18 Å². The molecule has 0 aliphatic carbocycles. The quantitative estimate of drug-likeness (QED) is 0.306. The number of nitrogens with zero attached hydrogens (tertiary/aromatic N) is 8. The summed E-state index contributed by atoms with van der Waals surface area (Å²) in [7, 11) is -4.06. The van der Waals surface area contributed by atoms with Crippen LogP contribution in [0, 0.1) is 6.92 Å². The highest BCUT2D eigenvalue weighted by atomic mass is 32.2. The highest BCUT2D eigenvalue weighted by Crippen LogP contribution is 2.34. The van der Waals surface area contributed by atoms with E-state index in [1.54, 1.807) is 36.4 Å². The van der Waals surface area contributed by atoms with Crippen molar-refractivity contribution in [2.75, 3.05) is 62.2 Å². The Labute approximate surface area is 260 Å². The zero-order valence-corrected chi connectivity index (χ0v) is 25.8. The molecule has 0 radical (unpaired) electrons. The molecule has 2 saturated heterocycles. The third-order valence-corrected chi connectivity index (χ3v) is 11.2. The minimum absolute atomic E-state index is 0.0454. The molecule has 0 bridgehead atoms. The van der Waals surface area contributed by atoms with Crippen molar-refractivity contribution in [2.45, 2.75) is 24.5 Å². The lowest BCUT2D eigenvalue weighted by atomic mass is 10.1. The van der Waals surface area contributed by atoms with Crippen molar-refractivity contribution >= 4 is 49.1 Å². The summed E-state index contributed by atoms with van der Waals surface area (Å²) in [5.74, 6) is 0.137. The number of sulfonamides is 1. The van der Waals surface area contributed by atoms with Crippen LogP contribution in [0.2, 0.25) is 0 Å².